The third kappa shape index (κ3) is 2.93. The fraction of sp³-hybridized carbons (Fsp3) is 0.643. The molecule has 0 amide bonds. The second-order valence-corrected chi connectivity index (χ2v) is 5.44. The molecular weight excluding hydrogens is 226 g/mol. The van der Waals surface area contributed by atoms with Crippen molar-refractivity contribution in [3.63, 3.8) is 0 Å². The number of aromatic nitrogens is 1. The van der Waals surface area contributed by atoms with Crippen LogP contribution in [0.3, 0.4) is 0 Å². The molecule has 4 nitrogen and oxygen atoms in total. The number of rotatable bonds is 4. The second-order valence-electron chi connectivity index (χ2n) is 5.44. The predicted octanol–water partition coefficient (Wildman–Crippen LogP) is 2.48. The third-order valence-corrected chi connectivity index (χ3v) is 3.82. The Balaban J connectivity index is 2.13. The predicted molar refractivity (Wildman–Crippen MR) is 74.9 cm³/mol. The van der Waals surface area contributed by atoms with E-state index in [4.69, 9.17) is 0 Å². The summed E-state index contributed by atoms with van der Waals surface area (Å²) in [6.07, 6.45) is 6.29. The smallest absolute Gasteiger partial charge is 0.127 e. The molecule has 1 aliphatic rings. The van der Waals surface area contributed by atoms with Gasteiger partial charge in [-0.05, 0) is 24.8 Å². The zero-order valence-corrected chi connectivity index (χ0v) is 11.2. The van der Waals surface area contributed by atoms with E-state index in [1.54, 1.807) is 6.20 Å². The molecule has 0 saturated heterocycles. The highest BCUT2D eigenvalue weighted by molar-refractivity contribution is 5.53. The molecular formula is C14H23N3O. The summed E-state index contributed by atoms with van der Waals surface area (Å²) in [5.74, 6) is 1.51. The van der Waals surface area contributed by atoms with Crippen LogP contribution in [0.1, 0.15) is 32.6 Å². The third-order valence-electron chi connectivity index (χ3n) is 3.82. The summed E-state index contributed by atoms with van der Waals surface area (Å²) in [4.78, 5) is 4.20. The van der Waals surface area contributed by atoms with Crippen LogP contribution in [0.15, 0.2) is 18.3 Å². The van der Waals surface area contributed by atoms with Crippen LogP contribution in [0.5, 0.6) is 0 Å². The molecule has 100 valence electrons. The highest BCUT2D eigenvalue weighted by atomic mass is 16.3. The quantitative estimate of drug-likeness (QED) is 0.767. The molecule has 1 aromatic heterocycles. The Kier molecular flexibility index (Phi) is 4.07. The van der Waals surface area contributed by atoms with Crippen molar-refractivity contribution in [2.24, 2.45) is 5.92 Å². The average Bonchev–Trinajstić information content (AvgIpc) is 2.39. The standard InChI is InChI=1S/C14H23N3O/c1-11-4-3-6-14(9-11,10-18)17-12-5-7-16-13(8-12)15-2/h5,7-8,11,18H,3-4,6,9-10H2,1-2H3,(H2,15,16,17). The van der Waals surface area contributed by atoms with Crippen LogP contribution in [0, 0.1) is 5.92 Å². The van der Waals surface area contributed by atoms with E-state index in [2.05, 4.69) is 22.5 Å². The lowest BCUT2D eigenvalue weighted by atomic mass is 9.76. The first-order chi connectivity index (χ1) is 8.67. The zero-order chi connectivity index (χ0) is 13.0. The molecule has 18 heavy (non-hydrogen) atoms. The van der Waals surface area contributed by atoms with E-state index >= 15 is 0 Å². The maximum Gasteiger partial charge on any atom is 0.127 e. The van der Waals surface area contributed by atoms with E-state index in [0.29, 0.717) is 5.92 Å². The van der Waals surface area contributed by atoms with Crippen LogP contribution in [-0.2, 0) is 0 Å². The first-order valence-electron chi connectivity index (χ1n) is 6.70. The van der Waals surface area contributed by atoms with Gasteiger partial charge in [-0.3, -0.25) is 0 Å². The molecule has 1 fully saturated rings. The first-order valence-corrected chi connectivity index (χ1v) is 6.70. The molecule has 0 aliphatic heterocycles. The van der Waals surface area contributed by atoms with E-state index in [-0.39, 0.29) is 12.1 Å². The lowest BCUT2D eigenvalue weighted by Gasteiger charge is -2.40. The van der Waals surface area contributed by atoms with Gasteiger partial charge in [-0.2, -0.15) is 0 Å². The molecule has 1 aliphatic carbocycles. The van der Waals surface area contributed by atoms with Crippen LogP contribution >= 0.6 is 0 Å². The number of aliphatic hydroxyl groups excluding tert-OH is 1. The molecule has 3 N–H and O–H groups in total. The van der Waals surface area contributed by atoms with Crippen LogP contribution < -0.4 is 10.6 Å². The largest absolute Gasteiger partial charge is 0.394 e. The van der Waals surface area contributed by atoms with Crippen LogP contribution in [0.4, 0.5) is 11.5 Å². The van der Waals surface area contributed by atoms with Gasteiger partial charge in [0.2, 0.25) is 0 Å². The number of pyridine rings is 1. The summed E-state index contributed by atoms with van der Waals surface area (Å²) in [5, 5.41) is 16.3. The fourth-order valence-electron chi connectivity index (χ4n) is 2.91. The van der Waals surface area contributed by atoms with Gasteiger partial charge in [0.25, 0.3) is 0 Å². The van der Waals surface area contributed by atoms with E-state index in [9.17, 15) is 5.11 Å². The Morgan fingerprint density at radius 1 is 1.56 bits per heavy atom. The molecule has 2 atom stereocenters. The van der Waals surface area contributed by atoms with Crippen molar-refractivity contribution in [1.29, 1.82) is 0 Å². The number of nitrogens with one attached hydrogen (secondary N) is 2. The van der Waals surface area contributed by atoms with Crippen molar-refractivity contribution in [1.82, 2.24) is 4.98 Å². The van der Waals surface area contributed by atoms with Crippen molar-refractivity contribution >= 4 is 11.5 Å². The van der Waals surface area contributed by atoms with E-state index in [1.165, 1.54) is 12.8 Å². The number of nitrogens with zero attached hydrogens (tertiary/aromatic N) is 1. The van der Waals surface area contributed by atoms with Crippen molar-refractivity contribution in [3.05, 3.63) is 18.3 Å². The van der Waals surface area contributed by atoms with Crippen LogP contribution in [-0.4, -0.2) is 29.3 Å². The van der Waals surface area contributed by atoms with Gasteiger partial charge in [0.1, 0.15) is 5.82 Å². The van der Waals surface area contributed by atoms with Crippen LogP contribution in [0.2, 0.25) is 0 Å². The summed E-state index contributed by atoms with van der Waals surface area (Å²) in [6, 6.07) is 3.94. The Hall–Kier alpha value is -1.29. The second kappa shape index (κ2) is 5.57. The Labute approximate surface area is 109 Å². The van der Waals surface area contributed by atoms with Crippen molar-refractivity contribution < 1.29 is 5.11 Å². The summed E-state index contributed by atoms with van der Waals surface area (Å²) in [6.45, 7) is 2.45. The number of hydrogen-bond acceptors (Lipinski definition) is 4. The van der Waals surface area contributed by atoms with Crippen molar-refractivity contribution in [3.8, 4) is 0 Å². The minimum absolute atomic E-state index is 0.163. The Morgan fingerprint density at radius 2 is 2.39 bits per heavy atom. The molecule has 0 spiro atoms. The topological polar surface area (TPSA) is 57.2 Å². The van der Waals surface area contributed by atoms with Gasteiger partial charge >= 0.3 is 0 Å². The molecule has 2 rings (SSSR count). The van der Waals surface area contributed by atoms with E-state index in [1.807, 2.05) is 19.2 Å². The lowest BCUT2D eigenvalue weighted by molar-refractivity contribution is 0.149. The summed E-state index contributed by atoms with van der Waals surface area (Å²) in [5.41, 5.74) is 0.863. The number of anilines is 2. The van der Waals surface area contributed by atoms with Gasteiger partial charge in [0, 0.05) is 25.0 Å². The monoisotopic (exact) mass is 249 g/mol. The maximum atomic E-state index is 9.75. The Morgan fingerprint density at radius 3 is 3.06 bits per heavy atom. The van der Waals surface area contributed by atoms with Gasteiger partial charge in [-0.1, -0.05) is 19.8 Å². The fourth-order valence-corrected chi connectivity index (χ4v) is 2.91. The van der Waals surface area contributed by atoms with Crippen molar-refractivity contribution in [2.45, 2.75) is 38.1 Å². The van der Waals surface area contributed by atoms with Crippen LogP contribution in [0.25, 0.3) is 0 Å². The molecule has 0 aromatic carbocycles. The average molecular weight is 249 g/mol. The number of hydrogen-bond donors (Lipinski definition) is 3. The van der Waals surface area contributed by atoms with Gasteiger partial charge < -0.3 is 15.7 Å². The highest BCUT2D eigenvalue weighted by Crippen LogP contribution is 2.34. The highest BCUT2D eigenvalue weighted by Gasteiger charge is 2.34. The molecule has 1 aromatic rings. The zero-order valence-electron chi connectivity index (χ0n) is 11.2. The minimum Gasteiger partial charge on any atom is -0.394 e. The minimum atomic E-state index is -0.163. The maximum absolute atomic E-state index is 9.75. The summed E-state index contributed by atoms with van der Waals surface area (Å²) < 4.78 is 0. The molecule has 4 heteroatoms. The van der Waals surface area contributed by atoms with Gasteiger partial charge in [-0.15, -0.1) is 0 Å². The van der Waals surface area contributed by atoms with Gasteiger partial charge in [-0.25, -0.2) is 4.98 Å². The lowest BCUT2D eigenvalue weighted by Crippen LogP contribution is -2.45. The van der Waals surface area contributed by atoms with Gasteiger partial charge in [0.15, 0.2) is 0 Å². The summed E-state index contributed by atoms with van der Waals surface area (Å²) >= 11 is 0. The molecule has 2 unspecified atom stereocenters. The SMILES string of the molecule is CNc1cc(NC2(CO)CCCC(C)C2)ccn1. The normalized spacial score (nSPS) is 27.8. The molecule has 1 heterocycles. The molecule has 0 radical (unpaired) electrons. The summed E-state index contributed by atoms with van der Waals surface area (Å²) in [7, 11) is 1.86. The number of aliphatic hydroxyl groups is 1. The first kappa shape index (κ1) is 13.1. The van der Waals surface area contributed by atoms with E-state index < -0.39 is 0 Å². The van der Waals surface area contributed by atoms with Gasteiger partial charge in [0.05, 0.1) is 12.1 Å². The molecule has 0 bridgehead atoms. The Bertz CT molecular complexity index is 396. The molecule has 1 saturated carbocycles. The van der Waals surface area contributed by atoms with Crippen molar-refractivity contribution in [2.75, 3.05) is 24.3 Å². The van der Waals surface area contributed by atoms with E-state index in [0.717, 1.165) is 24.3 Å².